The largest absolute Gasteiger partial charge is 0.493 e. The van der Waals surface area contributed by atoms with Crippen LogP contribution < -0.4 is 14.2 Å². The molecular formula is C15H17NO6S2. The van der Waals surface area contributed by atoms with Gasteiger partial charge in [0.1, 0.15) is 4.21 Å². The number of carboxylic acids is 1. The molecule has 0 radical (unpaired) electrons. The molecule has 2 N–H and O–H groups in total. The number of hydrogen-bond acceptors (Lipinski definition) is 6. The Morgan fingerprint density at radius 3 is 2.33 bits per heavy atom. The van der Waals surface area contributed by atoms with Crippen molar-refractivity contribution < 1.29 is 27.8 Å². The lowest BCUT2D eigenvalue weighted by molar-refractivity contribution is 0.0697. The van der Waals surface area contributed by atoms with Gasteiger partial charge in [0.25, 0.3) is 10.0 Å². The Morgan fingerprint density at radius 2 is 1.83 bits per heavy atom. The first-order chi connectivity index (χ1) is 11.3. The van der Waals surface area contributed by atoms with Gasteiger partial charge in [-0.3, -0.25) is 4.72 Å². The van der Waals surface area contributed by atoms with Crippen LogP contribution in [-0.4, -0.2) is 33.7 Å². The van der Waals surface area contributed by atoms with Gasteiger partial charge in [-0.1, -0.05) is 6.92 Å². The van der Waals surface area contributed by atoms with Gasteiger partial charge in [-0.05, 0) is 18.6 Å². The third-order valence-electron chi connectivity index (χ3n) is 3.25. The second-order valence-electron chi connectivity index (χ2n) is 4.74. The maximum Gasteiger partial charge on any atom is 0.337 e. The van der Waals surface area contributed by atoms with E-state index in [1.807, 2.05) is 6.92 Å². The van der Waals surface area contributed by atoms with Gasteiger partial charge in [0.2, 0.25) is 0 Å². The third kappa shape index (κ3) is 3.62. The van der Waals surface area contributed by atoms with E-state index in [1.54, 1.807) is 6.07 Å². The van der Waals surface area contributed by atoms with Gasteiger partial charge in [-0.15, -0.1) is 11.3 Å². The fraction of sp³-hybridized carbons (Fsp3) is 0.267. The van der Waals surface area contributed by atoms with Crippen LogP contribution in [0.25, 0.3) is 0 Å². The molecule has 1 aromatic heterocycles. The van der Waals surface area contributed by atoms with E-state index in [4.69, 9.17) is 9.47 Å². The molecule has 0 fully saturated rings. The van der Waals surface area contributed by atoms with Gasteiger partial charge < -0.3 is 14.6 Å². The van der Waals surface area contributed by atoms with Gasteiger partial charge in [0.15, 0.2) is 11.5 Å². The van der Waals surface area contributed by atoms with Crippen LogP contribution >= 0.6 is 11.3 Å². The second-order valence-corrected chi connectivity index (χ2v) is 7.82. The Balaban J connectivity index is 2.49. The summed E-state index contributed by atoms with van der Waals surface area (Å²) in [5.74, 6) is -0.864. The van der Waals surface area contributed by atoms with Crippen LogP contribution in [-0.2, 0) is 16.4 Å². The van der Waals surface area contributed by atoms with E-state index in [0.29, 0.717) is 0 Å². The Labute approximate surface area is 143 Å². The van der Waals surface area contributed by atoms with E-state index in [1.165, 1.54) is 32.4 Å². The summed E-state index contributed by atoms with van der Waals surface area (Å²) in [6.45, 7) is 1.92. The van der Waals surface area contributed by atoms with E-state index < -0.39 is 16.0 Å². The van der Waals surface area contributed by atoms with Crippen LogP contribution in [0, 0.1) is 0 Å². The highest BCUT2D eigenvalue weighted by molar-refractivity contribution is 7.94. The molecule has 0 unspecified atom stereocenters. The zero-order valence-electron chi connectivity index (χ0n) is 13.3. The molecule has 130 valence electrons. The van der Waals surface area contributed by atoms with Crippen molar-refractivity contribution in [3.63, 3.8) is 0 Å². The Kier molecular flexibility index (Phi) is 5.35. The maximum atomic E-state index is 12.5. The molecule has 2 rings (SSSR count). The SMILES string of the molecule is CCc1ccc(S(=O)(=O)Nc2cc(OC)c(OC)cc2C(=O)O)s1. The highest BCUT2D eigenvalue weighted by atomic mass is 32.2. The summed E-state index contributed by atoms with van der Waals surface area (Å²) in [6.07, 6.45) is 0.719. The second kappa shape index (κ2) is 7.10. The first-order valence-corrected chi connectivity index (χ1v) is 9.23. The number of aryl methyl sites for hydroxylation is 1. The number of sulfonamides is 1. The van der Waals surface area contributed by atoms with Crippen LogP contribution in [0.5, 0.6) is 11.5 Å². The molecule has 0 amide bonds. The average Bonchev–Trinajstić information content (AvgIpc) is 3.03. The molecule has 2 aromatic rings. The zero-order valence-corrected chi connectivity index (χ0v) is 15.0. The fourth-order valence-corrected chi connectivity index (χ4v) is 4.39. The number of thiophene rings is 1. The number of methoxy groups -OCH3 is 2. The lowest BCUT2D eigenvalue weighted by Crippen LogP contribution is -2.15. The number of carbonyl (C=O) groups is 1. The molecule has 0 saturated heterocycles. The molecule has 0 aliphatic carbocycles. The molecule has 9 heteroatoms. The van der Waals surface area contributed by atoms with Crippen molar-refractivity contribution in [1.82, 2.24) is 0 Å². The summed E-state index contributed by atoms with van der Waals surface area (Å²) in [7, 11) is -1.15. The van der Waals surface area contributed by atoms with Gasteiger partial charge in [0.05, 0.1) is 25.5 Å². The first kappa shape index (κ1) is 18.1. The summed E-state index contributed by atoms with van der Waals surface area (Å²) in [5, 5.41) is 9.33. The predicted octanol–water partition coefficient (Wildman–Crippen LogP) is 2.83. The van der Waals surface area contributed by atoms with Crippen molar-refractivity contribution in [3.8, 4) is 11.5 Å². The van der Waals surface area contributed by atoms with E-state index in [0.717, 1.165) is 22.6 Å². The molecule has 0 bridgehead atoms. The van der Waals surface area contributed by atoms with E-state index >= 15 is 0 Å². The average molecular weight is 371 g/mol. The number of aromatic carboxylic acids is 1. The van der Waals surface area contributed by atoms with Gasteiger partial charge in [-0.25, -0.2) is 13.2 Å². The van der Waals surface area contributed by atoms with Crippen LogP contribution in [0.2, 0.25) is 0 Å². The number of hydrogen-bond donors (Lipinski definition) is 2. The molecule has 24 heavy (non-hydrogen) atoms. The monoisotopic (exact) mass is 371 g/mol. The summed E-state index contributed by atoms with van der Waals surface area (Å²) >= 11 is 1.14. The molecule has 7 nitrogen and oxygen atoms in total. The predicted molar refractivity (Wildman–Crippen MR) is 91.0 cm³/mol. The number of anilines is 1. The number of benzene rings is 1. The van der Waals surface area contributed by atoms with E-state index in [9.17, 15) is 18.3 Å². The van der Waals surface area contributed by atoms with Crippen LogP contribution in [0.4, 0.5) is 5.69 Å². The fourth-order valence-electron chi connectivity index (χ4n) is 2.03. The lowest BCUT2D eigenvalue weighted by Gasteiger charge is -2.14. The van der Waals surface area contributed by atoms with Crippen LogP contribution in [0.3, 0.4) is 0 Å². The first-order valence-electron chi connectivity index (χ1n) is 6.93. The normalized spacial score (nSPS) is 11.1. The van der Waals surface area contributed by atoms with E-state index in [2.05, 4.69) is 4.72 Å². The van der Waals surface area contributed by atoms with Gasteiger partial charge in [0, 0.05) is 17.0 Å². The van der Waals surface area contributed by atoms with E-state index in [-0.39, 0.29) is 27.0 Å². The molecule has 0 aliphatic heterocycles. The topological polar surface area (TPSA) is 102 Å². The summed E-state index contributed by atoms with van der Waals surface area (Å²) < 4.78 is 37.6. The summed E-state index contributed by atoms with van der Waals surface area (Å²) in [4.78, 5) is 12.4. The number of rotatable bonds is 7. The minimum absolute atomic E-state index is 0.0911. The quantitative estimate of drug-likeness (QED) is 0.776. The third-order valence-corrected chi connectivity index (χ3v) is 6.34. The van der Waals surface area contributed by atoms with Gasteiger partial charge >= 0.3 is 5.97 Å². The molecule has 1 heterocycles. The van der Waals surface area contributed by atoms with Crippen molar-refractivity contribution in [2.45, 2.75) is 17.6 Å². The number of nitrogens with one attached hydrogen (secondary N) is 1. The molecule has 0 spiro atoms. The van der Waals surface area contributed by atoms with Crippen molar-refractivity contribution in [3.05, 3.63) is 34.7 Å². The van der Waals surface area contributed by atoms with Crippen molar-refractivity contribution >= 4 is 33.0 Å². The van der Waals surface area contributed by atoms with Crippen LogP contribution in [0.15, 0.2) is 28.5 Å². The Morgan fingerprint density at radius 1 is 1.21 bits per heavy atom. The zero-order chi connectivity index (χ0) is 17.9. The van der Waals surface area contributed by atoms with Crippen LogP contribution in [0.1, 0.15) is 22.2 Å². The van der Waals surface area contributed by atoms with Crippen molar-refractivity contribution in [2.24, 2.45) is 0 Å². The Hall–Kier alpha value is -2.26. The molecular weight excluding hydrogens is 354 g/mol. The minimum atomic E-state index is -3.89. The number of carboxylic acid groups (broad SMARTS) is 1. The van der Waals surface area contributed by atoms with Crippen molar-refractivity contribution in [2.75, 3.05) is 18.9 Å². The molecule has 1 aromatic carbocycles. The number of ether oxygens (including phenoxy) is 2. The molecule has 0 atom stereocenters. The van der Waals surface area contributed by atoms with Crippen molar-refractivity contribution in [1.29, 1.82) is 0 Å². The molecule has 0 aliphatic rings. The highest BCUT2D eigenvalue weighted by Crippen LogP contribution is 2.35. The smallest absolute Gasteiger partial charge is 0.337 e. The van der Waals surface area contributed by atoms with Gasteiger partial charge in [-0.2, -0.15) is 0 Å². The maximum absolute atomic E-state index is 12.5. The Bertz CT molecular complexity index is 857. The lowest BCUT2D eigenvalue weighted by atomic mass is 10.1. The molecule has 0 saturated carbocycles. The summed E-state index contributed by atoms with van der Waals surface area (Å²) in [6, 6.07) is 5.72. The standard InChI is InChI=1S/C15H17NO6S2/c1-4-9-5-6-14(23-9)24(19,20)16-11-8-13(22-3)12(21-2)7-10(11)15(17)18/h5-8,16H,4H2,1-3H3,(H,17,18). The summed E-state index contributed by atoms with van der Waals surface area (Å²) in [5.41, 5.74) is -0.324. The minimum Gasteiger partial charge on any atom is -0.493 e. The highest BCUT2D eigenvalue weighted by Gasteiger charge is 2.22.